The highest BCUT2D eigenvalue weighted by atomic mass is 16.5. The van der Waals surface area contributed by atoms with Crippen LogP contribution in [0.2, 0.25) is 0 Å². The Bertz CT molecular complexity index is 400. The van der Waals surface area contributed by atoms with Crippen LogP contribution in [0.3, 0.4) is 0 Å². The van der Waals surface area contributed by atoms with Crippen molar-refractivity contribution in [1.29, 1.82) is 0 Å². The summed E-state index contributed by atoms with van der Waals surface area (Å²) in [5.41, 5.74) is 0. The Kier molecular flexibility index (Phi) is 3.68. The molecule has 2 bridgehead atoms. The highest BCUT2D eigenvalue weighted by molar-refractivity contribution is 6.41. The lowest BCUT2D eigenvalue weighted by Crippen LogP contribution is -2.40. The molecule has 19 heavy (non-hydrogen) atoms. The molecule has 0 radical (unpaired) electrons. The van der Waals surface area contributed by atoms with Crippen molar-refractivity contribution in [3.63, 3.8) is 0 Å². The minimum absolute atomic E-state index is 0.0987. The molecule has 104 valence electrons. The summed E-state index contributed by atoms with van der Waals surface area (Å²) in [6.45, 7) is 2.78. The molecule has 0 aliphatic heterocycles. The maximum absolute atomic E-state index is 11.7. The van der Waals surface area contributed by atoms with Crippen LogP contribution in [0.15, 0.2) is 0 Å². The highest BCUT2D eigenvalue weighted by Gasteiger charge is 2.58. The Morgan fingerprint density at radius 3 is 1.63 bits per heavy atom. The van der Waals surface area contributed by atoms with Crippen molar-refractivity contribution in [2.24, 2.45) is 23.7 Å². The predicted molar refractivity (Wildman–Crippen MR) is 61.9 cm³/mol. The first-order valence-corrected chi connectivity index (χ1v) is 6.26. The number of ketones is 2. The van der Waals surface area contributed by atoms with E-state index in [0.29, 0.717) is 6.42 Å². The first kappa shape index (κ1) is 13.7. The van der Waals surface area contributed by atoms with Crippen LogP contribution in [-0.2, 0) is 28.7 Å². The van der Waals surface area contributed by atoms with Crippen LogP contribution in [0.4, 0.5) is 0 Å². The third kappa shape index (κ3) is 2.52. The van der Waals surface area contributed by atoms with Gasteiger partial charge >= 0.3 is 11.9 Å². The van der Waals surface area contributed by atoms with Crippen LogP contribution in [0.25, 0.3) is 0 Å². The lowest BCUT2D eigenvalue weighted by Gasteiger charge is -2.28. The molecule has 0 aromatic rings. The van der Waals surface area contributed by atoms with Crippen molar-refractivity contribution >= 4 is 23.5 Å². The molecule has 2 aliphatic carbocycles. The van der Waals surface area contributed by atoms with E-state index in [4.69, 9.17) is 9.47 Å². The van der Waals surface area contributed by atoms with E-state index < -0.39 is 23.8 Å². The molecule has 0 aromatic heterocycles. The summed E-state index contributed by atoms with van der Waals surface area (Å²) in [4.78, 5) is 45.1. The molecule has 6 nitrogen and oxygen atoms in total. The maximum Gasteiger partial charge on any atom is 0.302 e. The molecular formula is C13H16O6. The second-order valence-corrected chi connectivity index (χ2v) is 5.11. The quantitative estimate of drug-likeness (QED) is 0.532. The molecule has 2 saturated carbocycles. The highest BCUT2D eigenvalue weighted by Crippen LogP contribution is 2.48. The Labute approximate surface area is 110 Å². The summed E-state index contributed by atoms with van der Waals surface area (Å²) in [5.74, 6) is -2.82. The average molecular weight is 268 g/mol. The number of Topliss-reactive ketones (excluding diaryl/α,β-unsaturated/α-hetero) is 2. The lowest BCUT2D eigenvalue weighted by atomic mass is 9.79. The molecule has 0 aromatic carbocycles. The van der Waals surface area contributed by atoms with E-state index in [2.05, 4.69) is 0 Å². The van der Waals surface area contributed by atoms with Crippen LogP contribution in [-0.4, -0.2) is 36.7 Å². The molecule has 4 atom stereocenters. The predicted octanol–water partition coefficient (Wildman–Crippen LogP) is 0.133. The fourth-order valence-electron chi connectivity index (χ4n) is 3.09. The zero-order chi connectivity index (χ0) is 14.2. The second-order valence-electron chi connectivity index (χ2n) is 5.11. The lowest BCUT2D eigenvalue weighted by molar-refractivity contribution is -0.152. The molecule has 0 unspecified atom stereocenters. The Morgan fingerprint density at radius 2 is 1.32 bits per heavy atom. The van der Waals surface area contributed by atoms with Gasteiger partial charge in [-0.2, -0.15) is 0 Å². The number of ether oxygens (including phenoxy) is 2. The molecule has 0 saturated heterocycles. The molecule has 2 rings (SSSR count). The van der Waals surface area contributed by atoms with Gasteiger partial charge in [0.05, 0.1) is 13.2 Å². The van der Waals surface area contributed by atoms with Gasteiger partial charge in [0.25, 0.3) is 0 Å². The molecule has 2 fully saturated rings. The standard InChI is InChI=1S/C13H16O6/c1-6(14)18-4-10-8-3-9(13(17)12(8)16)11(10)5-19-7(2)15/h8-11H,3-5H2,1-2H3/t8-,9+,10-,11+. The molecule has 0 spiro atoms. The van der Waals surface area contributed by atoms with E-state index in [1.807, 2.05) is 0 Å². The monoisotopic (exact) mass is 268 g/mol. The van der Waals surface area contributed by atoms with Gasteiger partial charge in [-0.05, 0) is 6.42 Å². The number of rotatable bonds is 4. The Hall–Kier alpha value is -1.72. The topological polar surface area (TPSA) is 86.7 Å². The second kappa shape index (κ2) is 5.11. The van der Waals surface area contributed by atoms with Crippen LogP contribution >= 0.6 is 0 Å². The molecule has 0 N–H and O–H groups in total. The maximum atomic E-state index is 11.7. The van der Waals surface area contributed by atoms with Gasteiger partial charge in [-0.3, -0.25) is 19.2 Å². The van der Waals surface area contributed by atoms with Gasteiger partial charge in [-0.1, -0.05) is 0 Å². The summed E-state index contributed by atoms with van der Waals surface area (Å²) in [6.07, 6.45) is 0.482. The minimum atomic E-state index is -0.423. The molecule has 0 amide bonds. The van der Waals surface area contributed by atoms with E-state index in [1.165, 1.54) is 13.8 Å². The number of carbonyl (C=O) groups excluding carboxylic acids is 4. The van der Waals surface area contributed by atoms with Gasteiger partial charge in [0.15, 0.2) is 0 Å². The van der Waals surface area contributed by atoms with E-state index in [-0.39, 0.29) is 36.6 Å². The Balaban J connectivity index is 2.08. The van der Waals surface area contributed by atoms with Crippen molar-refractivity contribution in [3.8, 4) is 0 Å². The van der Waals surface area contributed by atoms with Gasteiger partial charge in [-0.15, -0.1) is 0 Å². The normalized spacial score (nSPS) is 32.5. The van der Waals surface area contributed by atoms with Crippen LogP contribution in [0, 0.1) is 23.7 Å². The molecular weight excluding hydrogens is 252 g/mol. The zero-order valence-electron chi connectivity index (χ0n) is 10.9. The fraction of sp³-hybridized carbons (Fsp3) is 0.692. The summed E-state index contributed by atoms with van der Waals surface area (Å²) in [7, 11) is 0. The van der Waals surface area contributed by atoms with Gasteiger partial charge in [0.2, 0.25) is 11.6 Å². The average Bonchev–Trinajstić information content (AvgIpc) is 2.82. The van der Waals surface area contributed by atoms with Crippen molar-refractivity contribution in [3.05, 3.63) is 0 Å². The van der Waals surface area contributed by atoms with Crippen molar-refractivity contribution in [1.82, 2.24) is 0 Å². The summed E-state index contributed by atoms with van der Waals surface area (Å²) in [6, 6.07) is 0. The summed E-state index contributed by atoms with van der Waals surface area (Å²) in [5, 5.41) is 0. The van der Waals surface area contributed by atoms with E-state index >= 15 is 0 Å². The number of carbonyl (C=O) groups is 4. The third-order valence-electron chi connectivity index (χ3n) is 3.97. The van der Waals surface area contributed by atoms with Crippen molar-refractivity contribution in [2.75, 3.05) is 13.2 Å². The van der Waals surface area contributed by atoms with Gasteiger partial charge in [-0.25, -0.2) is 0 Å². The largest absolute Gasteiger partial charge is 0.466 e. The first-order chi connectivity index (χ1) is 8.91. The third-order valence-corrected chi connectivity index (χ3v) is 3.97. The minimum Gasteiger partial charge on any atom is -0.466 e. The molecule has 6 heteroatoms. The van der Waals surface area contributed by atoms with Crippen LogP contribution in [0.5, 0.6) is 0 Å². The van der Waals surface area contributed by atoms with Gasteiger partial charge in [0.1, 0.15) is 0 Å². The Morgan fingerprint density at radius 1 is 0.947 bits per heavy atom. The van der Waals surface area contributed by atoms with Crippen molar-refractivity contribution < 1.29 is 28.7 Å². The smallest absolute Gasteiger partial charge is 0.302 e. The van der Waals surface area contributed by atoms with Crippen molar-refractivity contribution in [2.45, 2.75) is 20.3 Å². The number of fused-ring (bicyclic) bond motifs is 2. The fourth-order valence-corrected chi connectivity index (χ4v) is 3.09. The number of hydrogen-bond donors (Lipinski definition) is 0. The van der Waals surface area contributed by atoms with Gasteiger partial charge in [0, 0.05) is 37.5 Å². The van der Waals surface area contributed by atoms with Gasteiger partial charge < -0.3 is 9.47 Å². The molecule has 2 aliphatic rings. The van der Waals surface area contributed by atoms with Crippen LogP contribution < -0.4 is 0 Å². The van der Waals surface area contributed by atoms with Crippen LogP contribution in [0.1, 0.15) is 20.3 Å². The van der Waals surface area contributed by atoms with E-state index in [1.54, 1.807) is 0 Å². The summed E-state index contributed by atoms with van der Waals surface area (Å²) >= 11 is 0. The van der Waals surface area contributed by atoms with E-state index in [9.17, 15) is 19.2 Å². The first-order valence-electron chi connectivity index (χ1n) is 6.26. The SMILES string of the molecule is CC(=O)OC[C@@H]1[C@H](COC(C)=O)[C@H]2C[C@@H]1C(=O)C2=O. The summed E-state index contributed by atoms with van der Waals surface area (Å²) < 4.78 is 9.91. The number of hydrogen-bond acceptors (Lipinski definition) is 6. The van der Waals surface area contributed by atoms with E-state index in [0.717, 1.165) is 0 Å². The molecule has 0 heterocycles. The zero-order valence-corrected chi connectivity index (χ0v) is 10.9. The number of esters is 2.